The summed E-state index contributed by atoms with van der Waals surface area (Å²) >= 11 is 0. The SMILES string of the molecule is O=C(Nc1ccc(OC(F)(F)F)cc1)c1ccc2c(c1)no[n+]2[O-]. The molecule has 10 heteroatoms. The third-order valence-corrected chi connectivity index (χ3v) is 2.99. The van der Waals surface area contributed by atoms with Crippen molar-refractivity contribution in [2.45, 2.75) is 6.36 Å². The molecule has 124 valence electrons. The number of carbonyl (C=O) groups excluding carboxylic acids is 1. The van der Waals surface area contributed by atoms with Gasteiger partial charge in [0.25, 0.3) is 5.91 Å². The predicted octanol–water partition coefficient (Wildman–Crippen LogP) is 2.61. The third-order valence-electron chi connectivity index (χ3n) is 2.99. The highest BCUT2D eigenvalue weighted by atomic mass is 19.4. The number of rotatable bonds is 3. The highest BCUT2D eigenvalue weighted by Crippen LogP contribution is 2.24. The van der Waals surface area contributed by atoms with E-state index in [1.54, 1.807) is 0 Å². The minimum Gasteiger partial charge on any atom is -0.406 e. The molecule has 0 saturated heterocycles. The van der Waals surface area contributed by atoms with Crippen LogP contribution in [-0.4, -0.2) is 17.4 Å². The molecule has 0 aliphatic heterocycles. The average molecular weight is 339 g/mol. The van der Waals surface area contributed by atoms with Crippen LogP contribution in [0.4, 0.5) is 18.9 Å². The standard InChI is InChI=1S/C14H8F3N3O4/c15-14(16,17)23-10-4-2-9(3-5-10)18-13(21)8-1-6-12-11(7-8)19-24-20(12)22/h1-7H,(H,18,21). The van der Waals surface area contributed by atoms with Crippen LogP contribution in [0.5, 0.6) is 5.75 Å². The van der Waals surface area contributed by atoms with Crippen LogP contribution in [0.15, 0.2) is 47.1 Å². The van der Waals surface area contributed by atoms with E-state index in [2.05, 4.69) is 19.8 Å². The number of benzene rings is 2. The summed E-state index contributed by atoms with van der Waals surface area (Å²) in [5, 5.41) is 17.2. The van der Waals surface area contributed by atoms with Crippen molar-refractivity contribution < 1.29 is 32.2 Å². The van der Waals surface area contributed by atoms with Crippen molar-refractivity contribution in [3.8, 4) is 5.75 Å². The Hall–Kier alpha value is -3.30. The van der Waals surface area contributed by atoms with Gasteiger partial charge in [0.05, 0.1) is 0 Å². The summed E-state index contributed by atoms with van der Waals surface area (Å²) in [5.41, 5.74) is 0.840. The quantitative estimate of drug-likeness (QED) is 0.741. The molecule has 1 amide bonds. The first-order chi connectivity index (χ1) is 11.3. The fraction of sp³-hybridized carbons (Fsp3) is 0.0714. The Kier molecular flexibility index (Phi) is 3.72. The Bertz CT molecular complexity index is 890. The highest BCUT2D eigenvalue weighted by molar-refractivity contribution is 6.05. The third kappa shape index (κ3) is 3.37. The van der Waals surface area contributed by atoms with Crippen molar-refractivity contribution >= 4 is 22.6 Å². The smallest absolute Gasteiger partial charge is 0.406 e. The van der Waals surface area contributed by atoms with E-state index in [0.29, 0.717) is 0 Å². The number of nitrogens with one attached hydrogen (secondary N) is 1. The fourth-order valence-electron chi connectivity index (χ4n) is 1.96. The Balaban J connectivity index is 1.73. The number of alkyl halides is 3. The molecule has 2 aromatic carbocycles. The Morgan fingerprint density at radius 1 is 1.21 bits per heavy atom. The summed E-state index contributed by atoms with van der Waals surface area (Å²) < 4.78 is 44.3. The van der Waals surface area contributed by atoms with Gasteiger partial charge in [0.15, 0.2) is 0 Å². The van der Waals surface area contributed by atoms with Gasteiger partial charge in [-0.05, 0) is 41.3 Å². The van der Waals surface area contributed by atoms with Gasteiger partial charge in [0, 0.05) is 22.5 Å². The van der Waals surface area contributed by atoms with E-state index in [4.69, 9.17) is 0 Å². The molecule has 0 atom stereocenters. The van der Waals surface area contributed by atoms with Crippen LogP contribution >= 0.6 is 0 Å². The molecule has 1 heterocycles. The number of ether oxygens (including phenoxy) is 1. The van der Waals surface area contributed by atoms with Crippen LogP contribution in [0.3, 0.4) is 0 Å². The number of carbonyl (C=O) groups is 1. The number of amides is 1. The maximum atomic E-state index is 12.1. The number of nitrogens with zero attached hydrogens (tertiary/aromatic N) is 2. The maximum absolute atomic E-state index is 12.1. The second-order valence-electron chi connectivity index (χ2n) is 4.66. The lowest BCUT2D eigenvalue weighted by molar-refractivity contribution is -0.782. The molecule has 1 N–H and O–H groups in total. The highest BCUT2D eigenvalue weighted by Gasteiger charge is 2.30. The number of halogens is 3. The predicted molar refractivity (Wildman–Crippen MR) is 74.0 cm³/mol. The van der Waals surface area contributed by atoms with Crippen molar-refractivity contribution in [3.05, 3.63) is 53.2 Å². The lowest BCUT2D eigenvalue weighted by Crippen LogP contribution is -2.22. The molecule has 0 unspecified atom stereocenters. The molecular weight excluding hydrogens is 331 g/mol. The first-order valence-electron chi connectivity index (χ1n) is 6.48. The Morgan fingerprint density at radius 3 is 2.58 bits per heavy atom. The molecule has 3 rings (SSSR count). The van der Waals surface area contributed by atoms with Gasteiger partial charge in [-0.2, -0.15) is 0 Å². The second kappa shape index (κ2) is 5.72. The Labute approximate surface area is 131 Å². The molecule has 0 fully saturated rings. The van der Waals surface area contributed by atoms with Crippen molar-refractivity contribution in [3.63, 3.8) is 0 Å². The second-order valence-corrected chi connectivity index (χ2v) is 4.66. The van der Waals surface area contributed by atoms with Gasteiger partial charge in [-0.25, -0.2) is 0 Å². The molecule has 24 heavy (non-hydrogen) atoms. The summed E-state index contributed by atoms with van der Waals surface area (Å²) in [5.74, 6) is -0.925. The number of aromatic nitrogens is 2. The van der Waals surface area contributed by atoms with Crippen LogP contribution in [0.25, 0.3) is 11.0 Å². The van der Waals surface area contributed by atoms with E-state index in [1.807, 2.05) is 0 Å². The van der Waals surface area contributed by atoms with E-state index >= 15 is 0 Å². The first-order valence-corrected chi connectivity index (χ1v) is 6.48. The fourth-order valence-corrected chi connectivity index (χ4v) is 1.96. The molecule has 0 aliphatic rings. The normalized spacial score (nSPS) is 11.5. The van der Waals surface area contributed by atoms with Crippen molar-refractivity contribution in [2.75, 3.05) is 5.32 Å². The molecular formula is C14H8F3N3O4. The van der Waals surface area contributed by atoms with Crippen molar-refractivity contribution in [1.29, 1.82) is 0 Å². The minimum atomic E-state index is -4.78. The first kappa shape index (κ1) is 15.6. The topological polar surface area (TPSA) is 91.3 Å². The van der Waals surface area contributed by atoms with Gasteiger partial charge in [0.2, 0.25) is 11.0 Å². The van der Waals surface area contributed by atoms with Crippen LogP contribution in [-0.2, 0) is 0 Å². The lowest BCUT2D eigenvalue weighted by atomic mass is 10.2. The van der Waals surface area contributed by atoms with E-state index in [-0.39, 0.29) is 27.2 Å². The van der Waals surface area contributed by atoms with Gasteiger partial charge in [0.1, 0.15) is 5.75 Å². The molecule has 0 radical (unpaired) electrons. The lowest BCUT2D eigenvalue weighted by Gasteiger charge is -2.09. The van der Waals surface area contributed by atoms with Crippen molar-refractivity contribution in [1.82, 2.24) is 5.16 Å². The van der Waals surface area contributed by atoms with Gasteiger partial charge >= 0.3 is 6.36 Å². The summed E-state index contributed by atoms with van der Waals surface area (Å²) in [6.45, 7) is 0. The van der Waals surface area contributed by atoms with E-state index in [1.165, 1.54) is 30.3 Å². The van der Waals surface area contributed by atoms with Crippen LogP contribution in [0.2, 0.25) is 0 Å². The van der Waals surface area contributed by atoms with Gasteiger partial charge in [-0.3, -0.25) is 9.42 Å². The molecule has 0 spiro atoms. The summed E-state index contributed by atoms with van der Waals surface area (Å²) in [6, 6.07) is 8.79. The molecule has 1 aromatic heterocycles. The van der Waals surface area contributed by atoms with Gasteiger partial charge in [-0.15, -0.1) is 13.2 Å². The van der Waals surface area contributed by atoms with E-state index in [9.17, 15) is 23.2 Å². The van der Waals surface area contributed by atoms with Crippen LogP contribution in [0, 0.1) is 5.21 Å². The van der Waals surface area contributed by atoms with Crippen LogP contribution in [0.1, 0.15) is 10.4 Å². The molecule has 0 saturated carbocycles. The largest absolute Gasteiger partial charge is 0.573 e. The summed E-state index contributed by atoms with van der Waals surface area (Å²) in [4.78, 5) is 12.3. The van der Waals surface area contributed by atoms with Gasteiger partial charge in [-0.1, -0.05) is 0 Å². The molecule has 3 aromatic rings. The average Bonchev–Trinajstić information content (AvgIpc) is 2.88. The molecule has 7 nitrogen and oxygen atoms in total. The number of anilines is 1. The summed E-state index contributed by atoms with van der Waals surface area (Å²) in [7, 11) is 0. The maximum Gasteiger partial charge on any atom is 0.573 e. The van der Waals surface area contributed by atoms with E-state index in [0.717, 1.165) is 12.1 Å². The van der Waals surface area contributed by atoms with Crippen molar-refractivity contribution in [2.24, 2.45) is 0 Å². The zero-order valence-corrected chi connectivity index (χ0v) is 11.7. The number of hydrogen-bond donors (Lipinski definition) is 1. The number of hydrogen-bond acceptors (Lipinski definition) is 5. The minimum absolute atomic E-state index is 0.167. The number of fused-ring (bicyclic) bond motifs is 1. The zero-order valence-electron chi connectivity index (χ0n) is 11.7. The van der Waals surface area contributed by atoms with Crippen LogP contribution < -0.4 is 15.0 Å². The van der Waals surface area contributed by atoms with Gasteiger partial charge < -0.3 is 15.3 Å². The molecule has 0 bridgehead atoms. The monoisotopic (exact) mass is 339 g/mol. The zero-order chi connectivity index (χ0) is 17.3. The molecule has 0 aliphatic carbocycles. The Morgan fingerprint density at radius 2 is 1.92 bits per heavy atom. The summed E-state index contributed by atoms with van der Waals surface area (Å²) in [6.07, 6.45) is -4.78. The van der Waals surface area contributed by atoms with E-state index < -0.39 is 18.0 Å².